The molecule has 7 heteroatoms. The highest BCUT2D eigenvalue weighted by atomic mass is 32.1. The van der Waals surface area contributed by atoms with E-state index in [0.717, 1.165) is 23.8 Å². The minimum Gasteiger partial charge on any atom is -0.444 e. The Kier molecular flexibility index (Phi) is 4.97. The van der Waals surface area contributed by atoms with Crippen LogP contribution in [-0.4, -0.2) is 6.09 Å². The van der Waals surface area contributed by atoms with Crippen LogP contribution in [0.3, 0.4) is 0 Å². The molecule has 1 amide bonds. The summed E-state index contributed by atoms with van der Waals surface area (Å²) >= 11 is 3.94. The normalized spacial score (nSPS) is 11.1. The number of halogens is 3. The van der Waals surface area contributed by atoms with E-state index in [4.69, 9.17) is 4.74 Å². The molecule has 2 rings (SSSR count). The van der Waals surface area contributed by atoms with Gasteiger partial charge in [0.2, 0.25) is 0 Å². The number of carbonyl (C=O) groups excluding carboxylic acids is 1. The third-order valence-electron chi connectivity index (χ3n) is 2.77. The second-order valence-electron chi connectivity index (χ2n) is 4.42. The zero-order valence-corrected chi connectivity index (χ0v) is 12.1. The third-order valence-corrected chi connectivity index (χ3v) is 3.14. The lowest BCUT2D eigenvalue weighted by molar-refractivity contribution is -0.137. The van der Waals surface area contributed by atoms with Crippen molar-refractivity contribution in [1.29, 1.82) is 0 Å². The Morgan fingerprint density at radius 3 is 2.41 bits per heavy atom. The van der Waals surface area contributed by atoms with Crippen LogP contribution in [0.2, 0.25) is 0 Å². The van der Waals surface area contributed by atoms with Gasteiger partial charge in [-0.25, -0.2) is 4.79 Å². The predicted molar refractivity (Wildman–Crippen MR) is 78.9 cm³/mol. The molecule has 0 fully saturated rings. The molecule has 0 aliphatic heterocycles. The highest BCUT2D eigenvalue weighted by molar-refractivity contribution is 7.80. The van der Waals surface area contributed by atoms with Crippen molar-refractivity contribution in [1.82, 2.24) is 0 Å². The molecule has 0 bridgehead atoms. The number of anilines is 1. The summed E-state index contributed by atoms with van der Waals surface area (Å²) in [6, 6.07) is 11.9. The maximum absolute atomic E-state index is 12.5. The fourth-order valence-corrected chi connectivity index (χ4v) is 1.95. The van der Waals surface area contributed by atoms with Gasteiger partial charge >= 0.3 is 12.3 Å². The van der Waals surface area contributed by atoms with Gasteiger partial charge in [-0.2, -0.15) is 13.2 Å². The molecular formula is C15H12F3NO2S. The molecule has 0 aliphatic rings. The number of carbonyl (C=O) groups is 1. The van der Waals surface area contributed by atoms with Gasteiger partial charge < -0.3 is 4.74 Å². The van der Waals surface area contributed by atoms with Crippen molar-refractivity contribution in [3.63, 3.8) is 0 Å². The summed E-state index contributed by atoms with van der Waals surface area (Å²) in [5.41, 5.74) is 0.117. The van der Waals surface area contributed by atoms with E-state index in [2.05, 4.69) is 17.9 Å². The Bertz CT molecular complexity index is 660. The Hall–Kier alpha value is -2.15. The van der Waals surface area contributed by atoms with E-state index in [0.29, 0.717) is 0 Å². The van der Waals surface area contributed by atoms with Crippen LogP contribution >= 0.6 is 12.6 Å². The monoisotopic (exact) mass is 327 g/mol. The van der Waals surface area contributed by atoms with Crippen LogP contribution in [0.1, 0.15) is 11.1 Å². The Labute approximate surface area is 130 Å². The smallest absolute Gasteiger partial charge is 0.416 e. The predicted octanol–water partition coefficient (Wildman–Crippen LogP) is 4.74. The number of rotatable bonds is 3. The Balaban J connectivity index is 1.97. The molecule has 0 saturated heterocycles. The lowest BCUT2D eigenvalue weighted by atomic mass is 10.2. The Morgan fingerprint density at radius 1 is 1.14 bits per heavy atom. The summed E-state index contributed by atoms with van der Waals surface area (Å²) in [4.78, 5) is 11.6. The summed E-state index contributed by atoms with van der Waals surface area (Å²) in [5, 5.41) is 2.35. The average molecular weight is 327 g/mol. The summed E-state index contributed by atoms with van der Waals surface area (Å²) in [7, 11) is 0. The number of ether oxygens (including phenoxy) is 1. The van der Waals surface area contributed by atoms with Gasteiger partial charge in [0.15, 0.2) is 0 Å². The van der Waals surface area contributed by atoms with Crippen LogP contribution in [0.5, 0.6) is 0 Å². The molecule has 116 valence electrons. The molecular weight excluding hydrogens is 315 g/mol. The molecule has 2 aromatic carbocycles. The molecule has 22 heavy (non-hydrogen) atoms. The average Bonchev–Trinajstić information content (AvgIpc) is 2.47. The number of nitrogens with one attached hydrogen (secondary N) is 1. The number of amides is 1. The number of thiol groups is 1. The summed E-state index contributed by atoms with van der Waals surface area (Å²) in [6.45, 7) is 0.0647. The first kappa shape index (κ1) is 16.2. The van der Waals surface area contributed by atoms with Crippen LogP contribution in [0, 0.1) is 0 Å². The van der Waals surface area contributed by atoms with Crippen LogP contribution in [0.15, 0.2) is 53.4 Å². The van der Waals surface area contributed by atoms with E-state index >= 15 is 0 Å². The van der Waals surface area contributed by atoms with Gasteiger partial charge in [0.1, 0.15) is 6.61 Å². The SMILES string of the molecule is O=C(Nc1ccc(C(F)(F)F)cc1S)OCc1ccccc1. The number of alkyl halides is 3. The zero-order chi connectivity index (χ0) is 16.2. The zero-order valence-electron chi connectivity index (χ0n) is 11.2. The largest absolute Gasteiger partial charge is 0.444 e. The van der Waals surface area contributed by atoms with E-state index in [-0.39, 0.29) is 17.2 Å². The molecule has 0 spiro atoms. The van der Waals surface area contributed by atoms with Gasteiger partial charge in [0, 0.05) is 4.90 Å². The molecule has 1 N–H and O–H groups in total. The fraction of sp³-hybridized carbons (Fsp3) is 0.133. The molecule has 0 aromatic heterocycles. The second-order valence-corrected chi connectivity index (χ2v) is 4.90. The second kappa shape index (κ2) is 6.74. The molecule has 0 heterocycles. The van der Waals surface area contributed by atoms with Gasteiger partial charge in [-0.05, 0) is 23.8 Å². The quantitative estimate of drug-likeness (QED) is 0.799. The minimum absolute atomic E-state index is 0.00601. The lowest BCUT2D eigenvalue weighted by Gasteiger charge is -2.12. The molecule has 0 unspecified atom stereocenters. The first-order chi connectivity index (χ1) is 10.4. The van der Waals surface area contributed by atoms with Crippen molar-refractivity contribution in [2.75, 3.05) is 5.32 Å². The third kappa shape index (κ3) is 4.42. The van der Waals surface area contributed by atoms with Gasteiger partial charge in [-0.3, -0.25) is 5.32 Å². The van der Waals surface area contributed by atoms with Gasteiger partial charge in [-0.1, -0.05) is 30.3 Å². The number of hydrogen-bond donors (Lipinski definition) is 2. The van der Waals surface area contributed by atoms with Crippen molar-refractivity contribution in [3.05, 3.63) is 59.7 Å². The molecule has 2 aromatic rings. The van der Waals surface area contributed by atoms with Crippen molar-refractivity contribution < 1.29 is 22.7 Å². The number of hydrogen-bond acceptors (Lipinski definition) is 3. The van der Waals surface area contributed by atoms with E-state index in [1.54, 1.807) is 24.3 Å². The summed E-state index contributed by atoms with van der Waals surface area (Å²) < 4.78 is 42.6. The van der Waals surface area contributed by atoms with E-state index < -0.39 is 17.8 Å². The van der Waals surface area contributed by atoms with Crippen molar-refractivity contribution >= 4 is 24.4 Å². The first-order valence-electron chi connectivity index (χ1n) is 6.24. The standard InChI is InChI=1S/C15H12F3NO2S/c16-15(17,18)11-6-7-12(13(22)8-11)19-14(20)21-9-10-4-2-1-3-5-10/h1-8,22H,9H2,(H,19,20). The highest BCUT2D eigenvalue weighted by Crippen LogP contribution is 2.33. The molecule has 0 atom stereocenters. The Morgan fingerprint density at radius 2 is 1.82 bits per heavy atom. The van der Waals surface area contributed by atoms with E-state index in [9.17, 15) is 18.0 Å². The fourth-order valence-electron chi connectivity index (χ4n) is 1.68. The van der Waals surface area contributed by atoms with Gasteiger partial charge in [0.25, 0.3) is 0 Å². The van der Waals surface area contributed by atoms with Crippen LogP contribution in [-0.2, 0) is 17.5 Å². The van der Waals surface area contributed by atoms with Crippen molar-refractivity contribution in [3.8, 4) is 0 Å². The maximum Gasteiger partial charge on any atom is 0.416 e. The topological polar surface area (TPSA) is 38.3 Å². The molecule has 0 aliphatic carbocycles. The molecule has 3 nitrogen and oxygen atoms in total. The van der Waals surface area contributed by atoms with Crippen molar-refractivity contribution in [2.24, 2.45) is 0 Å². The lowest BCUT2D eigenvalue weighted by Crippen LogP contribution is -2.14. The van der Waals surface area contributed by atoms with E-state index in [1.807, 2.05) is 6.07 Å². The molecule has 0 saturated carbocycles. The van der Waals surface area contributed by atoms with Crippen LogP contribution in [0.4, 0.5) is 23.7 Å². The number of benzene rings is 2. The minimum atomic E-state index is -4.45. The maximum atomic E-state index is 12.5. The van der Waals surface area contributed by atoms with Crippen molar-refractivity contribution in [2.45, 2.75) is 17.7 Å². The summed E-state index contributed by atoms with van der Waals surface area (Å²) in [6.07, 6.45) is -5.22. The highest BCUT2D eigenvalue weighted by Gasteiger charge is 2.30. The van der Waals surface area contributed by atoms with Gasteiger partial charge in [0.05, 0.1) is 11.3 Å². The molecule has 0 radical (unpaired) electrons. The first-order valence-corrected chi connectivity index (χ1v) is 6.69. The van der Waals surface area contributed by atoms with E-state index in [1.165, 1.54) is 0 Å². The summed E-state index contributed by atoms with van der Waals surface area (Å²) in [5.74, 6) is 0. The van der Waals surface area contributed by atoms with Crippen LogP contribution < -0.4 is 5.32 Å². The van der Waals surface area contributed by atoms with Gasteiger partial charge in [-0.15, -0.1) is 12.6 Å². The van der Waals surface area contributed by atoms with Crippen LogP contribution in [0.25, 0.3) is 0 Å².